The third-order valence-electron chi connectivity index (χ3n) is 4.78. The normalized spacial score (nSPS) is 33.4. The number of aliphatic hydroxyl groups excluding tert-OH is 1. The van der Waals surface area contributed by atoms with Gasteiger partial charge in [-0.3, -0.25) is 19.7 Å². The first kappa shape index (κ1) is 15.3. The first-order chi connectivity index (χ1) is 11.4. The molecule has 4 rings (SSSR count). The standard InChI is InChI=1S/C15H11ClN2O6/c16-7-1-2-8(9(5-7)18(22)23)17-13(20)11-10-3-4-15(6-19,24-10)12(11)14(17)21/h1-5,10-12,19H,6H2/t10-,11-,12+,15+/m1/s1. The Morgan fingerprint density at radius 3 is 2.79 bits per heavy atom. The fraction of sp³-hybridized carbons (Fsp3) is 0.333. The molecule has 0 radical (unpaired) electrons. The van der Waals surface area contributed by atoms with Gasteiger partial charge in [0.15, 0.2) is 0 Å². The molecule has 1 aromatic carbocycles. The Morgan fingerprint density at radius 2 is 2.12 bits per heavy atom. The van der Waals surface area contributed by atoms with E-state index in [2.05, 4.69) is 0 Å². The quantitative estimate of drug-likeness (QED) is 0.377. The van der Waals surface area contributed by atoms with Crippen LogP contribution in [0.5, 0.6) is 0 Å². The second-order valence-electron chi connectivity index (χ2n) is 5.96. The summed E-state index contributed by atoms with van der Waals surface area (Å²) in [5.74, 6) is -2.86. The molecule has 8 nitrogen and oxygen atoms in total. The van der Waals surface area contributed by atoms with E-state index >= 15 is 0 Å². The number of hydrogen-bond donors (Lipinski definition) is 1. The summed E-state index contributed by atoms with van der Waals surface area (Å²) in [6, 6.07) is 3.75. The number of carbonyl (C=O) groups excluding carboxylic acids is 2. The van der Waals surface area contributed by atoms with E-state index in [0.29, 0.717) is 0 Å². The molecule has 4 atom stereocenters. The lowest BCUT2D eigenvalue weighted by atomic mass is 9.77. The number of rotatable bonds is 3. The number of nitro groups is 1. The van der Waals surface area contributed by atoms with Gasteiger partial charge in [0.2, 0.25) is 11.8 Å². The first-order valence-corrected chi connectivity index (χ1v) is 7.57. The Labute approximate surface area is 140 Å². The number of nitrogens with zero attached hydrogens (tertiary/aromatic N) is 2. The van der Waals surface area contributed by atoms with Gasteiger partial charge >= 0.3 is 0 Å². The topological polar surface area (TPSA) is 110 Å². The Hall–Kier alpha value is -2.29. The molecule has 0 aromatic heterocycles. The van der Waals surface area contributed by atoms with E-state index in [1.165, 1.54) is 12.1 Å². The lowest BCUT2D eigenvalue weighted by Crippen LogP contribution is -2.43. The SMILES string of the molecule is O=C1[C@H]2[C@@H](C(=O)N1c1ccc(Cl)cc1[N+](=O)[O-])[C@@]1(CO)C=C[C@H]2O1. The van der Waals surface area contributed by atoms with Gasteiger partial charge < -0.3 is 9.84 Å². The molecule has 0 unspecified atom stereocenters. The molecule has 0 spiro atoms. The number of anilines is 1. The van der Waals surface area contributed by atoms with E-state index in [1.807, 2.05) is 0 Å². The van der Waals surface area contributed by atoms with Crippen molar-refractivity contribution in [1.29, 1.82) is 0 Å². The van der Waals surface area contributed by atoms with E-state index in [-0.39, 0.29) is 10.7 Å². The molecule has 2 fully saturated rings. The van der Waals surface area contributed by atoms with E-state index in [9.17, 15) is 24.8 Å². The minimum atomic E-state index is -1.24. The second kappa shape index (κ2) is 4.85. The zero-order valence-corrected chi connectivity index (χ0v) is 12.8. The van der Waals surface area contributed by atoms with Gasteiger partial charge in [-0.15, -0.1) is 0 Å². The first-order valence-electron chi connectivity index (χ1n) is 7.19. The molecule has 2 bridgehead atoms. The summed E-state index contributed by atoms with van der Waals surface area (Å²) in [4.78, 5) is 37.0. The van der Waals surface area contributed by atoms with Crippen molar-refractivity contribution >= 4 is 34.8 Å². The van der Waals surface area contributed by atoms with Crippen molar-refractivity contribution in [2.45, 2.75) is 11.7 Å². The molecule has 2 saturated heterocycles. The fourth-order valence-corrected chi connectivity index (χ4v) is 3.92. The third kappa shape index (κ3) is 1.75. The summed E-state index contributed by atoms with van der Waals surface area (Å²) in [7, 11) is 0. The second-order valence-corrected chi connectivity index (χ2v) is 6.40. The number of aliphatic hydroxyl groups is 1. The molecule has 3 heterocycles. The average Bonchev–Trinajstić information content (AvgIpc) is 3.19. The number of ether oxygens (including phenoxy) is 1. The minimum absolute atomic E-state index is 0.124. The average molecular weight is 351 g/mol. The monoisotopic (exact) mass is 350 g/mol. The van der Waals surface area contributed by atoms with Crippen LogP contribution in [0.25, 0.3) is 0 Å². The predicted octanol–water partition coefficient (Wildman–Crippen LogP) is 1.05. The summed E-state index contributed by atoms with van der Waals surface area (Å²) >= 11 is 5.78. The van der Waals surface area contributed by atoms with Crippen molar-refractivity contribution in [2.75, 3.05) is 11.5 Å². The van der Waals surface area contributed by atoms with Gasteiger partial charge in [-0.2, -0.15) is 0 Å². The minimum Gasteiger partial charge on any atom is -0.393 e. The molecule has 24 heavy (non-hydrogen) atoms. The van der Waals surface area contributed by atoms with Gasteiger partial charge in [0.25, 0.3) is 5.69 Å². The van der Waals surface area contributed by atoms with Gasteiger partial charge in [-0.05, 0) is 12.1 Å². The number of imide groups is 1. The maximum atomic E-state index is 12.8. The van der Waals surface area contributed by atoms with Crippen LogP contribution in [-0.2, 0) is 14.3 Å². The van der Waals surface area contributed by atoms with Gasteiger partial charge in [0.05, 0.1) is 29.5 Å². The van der Waals surface area contributed by atoms with Gasteiger partial charge in [-0.25, -0.2) is 4.90 Å². The fourth-order valence-electron chi connectivity index (χ4n) is 3.75. The van der Waals surface area contributed by atoms with Crippen LogP contribution < -0.4 is 4.90 Å². The van der Waals surface area contributed by atoms with Crippen molar-refractivity contribution in [3.8, 4) is 0 Å². The van der Waals surface area contributed by atoms with Crippen LogP contribution in [0.4, 0.5) is 11.4 Å². The molecule has 1 aromatic rings. The van der Waals surface area contributed by atoms with Crippen molar-refractivity contribution in [3.05, 3.63) is 45.5 Å². The molecule has 9 heteroatoms. The lowest BCUT2D eigenvalue weighted by molar-refractivity contribution is -0.384. The van der Waals surface area contributed by atoms with E-state index in [1.54, 1.807) is 12.2 Å². The molecule has 2 amide bonds. The van der Waals surface area contributed by atoms with Crippen LogP contribution in [0.2, 0.25) is 5.02 Å². The lowest BCUT2D eigenvalue weighted by Gasteiger charge is -2.26. The number of amides is 2. The van der Waals surface area contributed by atoms with Crippen LogP contribution in [0.3, 0.4) is 0 Å². The van der Waals surface area contributed by atoms with Crippen LogP contribution >= 0.6 is 11.6 Å². The third-order valence-corrected chi connectivity index (χ3v) is 5.01. The van der Waals surface area contributed by atoms with Crippen LogP contribution in [-0.4, -0.2) is 40.2 Å². The summed E-state index contributed by atoms with van der Waals surface area (Å²) in [6.45, 7) is -0.448. The zero-order chi connectivity index (χ0) is 17.2. The van der Waals surface area contributed by atoms with Crippen molar-refractivity contribution < 1.29 is 24.4 Å². The zero-order valence-electron chi connectivity index (χ0n) is 12.1. The van der Waals surface area contributed by atoms with Crippen molar-refractivity contribution in [2.24, 2.45) is 11.8 Å². The van der Waals surface area contributed by atoms with Crippen molar-refractivity contribution in [3.63, 3.8) is 0 Å². The van der Waals surface area contributed by atoms with Gasteiger partial charge in [0.1, 0.15) is 11.3 Å². The van der Waals surface area contributed by atoms with E-state index in [4.69, 9.17) is 16.3 Å². The molecular formula is C15H11ClN2O6. The highest BCUT2D eigenvalue weighted by Gasteiger charge is 2.68. The predicted molar refractivity (Wildman–Crippen MR) is 81.4 cm³/mol. The maximum Gasteiger partial charge on any atom is 0.294 e. The highest BCUT2D eigenvalue weighted by atomic mass is 35.5. The van der Waals surface area contributed by atoms with E-state index < -0.39 is 52.6 Å². The maximum absolute atomic E-state index is 12.8. The summed E-state index contributed by atoms with van der Waals surface area (Å²) in [6.07, 6.45) is 2.61. The largest absolute Gasteiger partial charge is 0.393 e. The Morgan fingerprint density at radius 1 is 1.38 bits per heavy atom. The van der Waals surface area contributed by atoms with Crippen molar-refractivity contribution in [1.82, 2.24) is 0 Å². The Bertz CT molecular complexity index is 824. The van der Waals surface area contributed by atoms with E-state index in [0.717, 1.165) is 11.0 Å². The number of fused-ring (bicyclic) bond motifs is 5. The van der Waals surface area contributed by atoms with Gasteiger partial charge in [-0.1, -0.05) is 23.8 Å². The molecule has 0 aliphatic carbocycles. The number of carbonyl (C=O) groups is 2. The Balaban J connectivity index is 1.82. The number of nitro benzene ring substituents is 1. The molecule has 3 aliphatic rings. The number of halogens is 1. The number of benzene rings is 1. The van der Waals surface area contributed by atoms with Crippen LogP contribution in [0.1, 0.15) is 0 Å². The van der Waals surface area contributed by atoms with Crippen LogP contribution in [0.15, 0.2) is 30.4 Å². The molecule has 0 saturated carbocycles. The summed E-state index contributed by atoms with van der Waals surface area (Å²) in [5, 5.41) is 21.0. The van der Waals surface area contributed by atoms with Crippen LogP contribution in [0, 0.1) is 22.0 Å². The van der Waals surface area contributed by atoms with Gasteiger partial charge in [0, 0.05) is 11.1 Å². The smallest absolute Gasteiger partial charge is 0.294 e. The highest BCUT2D eigenvalue weighted by molar-refractivity contribution is 6.31. The molecular weight excluding hydrogens is 340 g/mol. The summed E-state index contributed by atoms with van der Waals surface area (Å²) < 4.78 is 5.61. The molecule has 124 valence electrons. The number of hydrogen-bond acceptors (Lipinski definition) is 6. The molecule has 3 aliphatic heterocycles. The Kier molecular flexibility index (Phi) is 3.08. The molecule has 1 N–H and O–H groups in total. The summed E-state index contributed by atoms with van der Waals surface area (Å²) in [5.41, 5.74) is -1.79. The highest BCUT2D eigenvalue weighted by Crippen LogP contribution is 2.53.